The summed E-state index contributed by atoms with van der Waals surface area (Å²) < 4.78 is 22.8. The SMILES string of the molecule is COc1nccc(-c2ccc3c(c2)CCN2C3=CC(OCC3COc4ncccc4O3)=NC2O)c1Cl. The third-order valence-electron chi connectivity index (χ3n) is 6.31. The molecule has 1 N–H and O–H groups in total. The fourth-order valence-electron chi connectivity index (χ4n) is 4.56. The van der Waals surface area contributed by atoms with Gasteiger partial charge in [-0.05, 0) is 35.7 Å². The van der Waals surface area contributed by atoms with Gasteiger partial charge in [0.05, 0.1) is 12.8 Å². The summed E-state index contributed by atoms with van der Waals surface area (Å²) >= 11 is 6.51. The Morgan fingerprint density at radius 2 is 2.08 bits per heavy atom. The van der Waals surface area contributed by atoms with Gasteiger partial charge < -0.3 is 29.0 Å². The van der Waals surface area contributed by atoms with Gasteiger partial charge in [0, 0.05) is 36.1 Å². The Morgan fingerprint density at radius 1 is 1.17 bits per heavy atom. The summed E-state index contributed by atoms with van der Waals surface area (Å²) in [5, 5.41) is 11.2. The molecule has 0 bridgehead atoms. The van der Waals surface area contributed by atoms with Crippen molar-refractivity contribution in [2.24, 2.45) is 4.99 Å². The van der Waals surface area contributed by atoms with E-state index in [1.165, 1.54) is 0 Å². The highest BCUT2D eigenvalue weighted by Crippen LogP contribution is 2.38. The van der Waals surface area contributed by atoms with Crippen LogP contribution in [-0.4, -0.2) is 65.2 Å². The molecule has 2 atom stereocenters. The summed E-state index contributed by atoms with van der Waals surface area (Å²) in [6.07, 6.45) is 4.59. The molecule has 0 amide bonds. The van der Waals surface area contributed by atoms with E-state index in [1.807, 2.05) is 29.2 Å². The Hall–Kier alpha value is -3.82. The maximum Gasteiger partial charge on any atom is 0.257 e. The first-order valence-electron chi connectivity index (χ1n) is 11.5. The van der Waals surface area contributed by atoms with Crippen LogP contribution in [0.3, 0.4) is 0 Å². The minimum Gasteiger partial charge on any atom is -0.480 e. The molecular weight excluding hydrogens is 484 g/mol. The lowest BCUT2D eigenvalue weighted by Gasteiger charge is -2.37. The minimum absolute atomic E-state index is 0.220. The van der Waals surface area contributed by atoms with E-state index in [-0.39, 0.29) is 12.7 Å². The van der Waals surface area contributed by atoms with Crippen molar-refractivity contribution in [3.8, 4) is 28.6 Å². The van der Waals surface area contributed by atoms with Crippen LogP contribution in [0.25, 0.3) is 16.8 Å². The Kier molecular flexibility index (Phi) is 5.86. The monoisotopic (exact) mass is 506 g/mol. The quantitative estimate of drug-likeness (QED) is 0.573. The molecule has 0 fully saturated rings. The second-order valence-electron chi connectivity index (χ2n) is 8.51. The van der Waals surface area contributed by atoms with E-state index >= 15 is 0 Å². The molecule has 6 rings (SSSR count). The number of hydrogen-bond acceptors (Lipinski definition) is 9. The van der Waals surface area contributed by atoms with Crippen molar-refractivity contribution >= 4 is 23.2 Å². The van der Waals surface area contributed by atoms with E-state index in [1.54, 1.807) is 31.6 Å². The number of benzene rings is 1. The van der Waals surface area contributed by atoms with Crippen molar-refractivity contribution < 1.29 is 24.1 Å². The van der Waals surface area contributed by atoms with Crippen LogP contribution in [0.5, 0.6) is 17.5 Å². The largest absolute Gasteiger partial charge is 0.480 e. The van der Waals surface area contributed by atoms with E-state index in [9.17, 15) is 5.11 Å². The highest BCUT2D eigenvalue weighted by atomic mass is 35.5. The fourth-order valence-corrected chi connectivity index (χ4v) is 4.86. The van der Waals surface area contributed by atoms with Gasteiger partial charge in [-0.1, -0.05) is 29.8 Å². The van der Waals surface area contributed by atoms with Crippen LogP contribution in [0, 0.1) is 0 Å². The van der Waals surface area contributed by atoms with Crippen molar-refractivity contribution in [3.05, 3.63) is 71.0 Å². The predicted octanol–water partition coefficient (Wildman–Crippen LogP) is 3.55. The topological polar surface area (TPSA) is 98.5 Å². The smallest absolute Gasteiger partial charge is 0.257 e. The van der Waals surface area contributed by atoms with Gasteiger partial charge in [0.1, 0.15) is 18.2 Å². The van der Waals surface area contributed by atoms with Crippen molar-refractivity contribution in [1.82, 2.24) is 14.9 Å². The average Bonchev–Trinajstić information content (AvgIpc) is 2.91. The molecule has 1 aromatic carbocycles. The van der Waals surface area contributed by atoms with E-state index in [0.29, 0.717) is 41.6 Å². The van der Waals surface area contributed by atoms with Gasteiger partial charge in [0.2, 0.25) is 18.1 Å². The Morgan fingerprint density at radius 3 is 2.97 bits per heavy atom. The lowest BCUT2D eigenvalue weighted by Crippen LogP contribution is -2.41. The zero-order valence-electron chi connectivity index (χ0n) is 19.4. The third kappa shape index (κ3) is 4.10. The summed E-state index contributed by atoms with van der Waals surface area (Å²) in [4.78, 5) is 14.5. The molecule has 36 heavy (non-hydrogen) atoms. The number of aliphatic hydroxyl groups excluding tert-OH is 1. The van der Waals surface area contributed by atoms with Gasteiger partial charge in [-0.25, -0.2) is 9.97 Å². The predicted molar refractivity (Wildman–Crippen MR) is 133 cm³/mol. The number of pyridine rings is 2. The van der Waals surface area contributed by atoms with Crippen LogP contribution in [-0.2, 0) is 11.2 Å². The maximum absolute atomic E-state index is 10.7. The average molecular weight is 507 g/mol. The number of fused-ring (bicyclic) bond motifs is 4. The van der Waals surface area contributed by atoms with Crippen molar-refractivity contribution in [1.29, 1.82) is 0 Å². The zero-order chi connectivity index (χ0) is 24.6. The summed E-state index contributed by atoms with van der Waals surface area (Å²) in [7, 11) is 1.55. The van der Waals surface area contributed by atoms with E-state index in [0.717, 1.165) is 34.4 Å². The number of aromatic nitrogens is 2. The molecule has 184 valence electrons. The molecule has 0 radical (unpaired) electrons. The first-order valence-corrected chi connectivity index (χ1v) is 11.9. The zero-order valence-corrected chi connectivity index (χ0v) is 20.2. The standard InChI is InChI=1S/C26H23ClN4O5/c1-33-25-23(27)19(6-9-29-25)15-4-5-18-16(11-15)7-10-31-20(18)12-22(30-26(31)32)34-13-17-14-35-24-21(36-17)3-2-8-28-24/h2-6,8-9,11-12,17,26,32H,7,10,13-14H2,1H3. The number of hydrogen-bond donors (Lipinski definition) is 1. The minimum atomic E-state index is -1.03. The number of nitrogens with zero attached hydrogens (tertiary/aromatic N) is 4. The second-order valence-corrected chi connectivity index (χ2v) is 8.89. The molecule has 0 saturated carbocycles. The number of aliphatic imine (C=N–C) groups is 1. The van der Waals surface area contributed by atoms with Gasteiger partial charge in [-0.2, -0.15) is 4.99 Å². The summed E-state index contributed by atoms with van der Waals surface area (Å²) in [5.74, 6) is 1.78. The molecular formula is C26H23ClN4O5. The van der Waals surface area contributed by atoms with E-state index in [4.69, 9.17) is 30.5 Å². The van der Waals surface area contributed by atoms with Crippen molar-refractivity contribution in [2.45, 2.75) is 18.9 Å². The molecule has 9 nitrogen and oxygen atoms in total. The van der Waals surface area contributed by atoms with Crippen LogP contribution >= 0.6 is 11.6 Å². The van der Waals surface area contributed by atoms with Crippen LogP contribution in [0.15, 0.2) is 59.9 Å². The van der Waals surface area contributed by atoms with Crippen LogP contribution in [0.4, 0.5) is 0 Å². The number of rotatable bonds is 4. The molecule has 5 heterocycles. The molecule has 3 aliphatic heterocycles. The molecule has 3 aromatic rings. The number of ether oxygens (including phenoxy) is 4. The number of halogens is 1. The van der Waals surface area contributed by atoms with Gasteiger partial charge in [-0.15, -0.1) is 0 Å². The number of aliphatic hydroxyl groups is 1. The summed E-state index contributed by atoms with van der Waals surface area (Å²) in [5.41, 5.74) is 4.83. The molecule has 10 heteroatoms. The third-order valence-corrected chi connectivity index (χ3v) is 6.67. The van der Waals surface area contributed by atoms with Gasteiger partial charge in [0.25, 0.3) is 5.88 Å². The van der Waals surface area contributed by atoms with Gasteiger partial charge >= 0.3 is 0 Å². The van der Waals surface area contributed by atoms with Gasteiger partial charge in [-0.3, -0.25) is 0 Å². The fraction of sp³-hybridized carbons (Fsp3) is 0.269. The summed E-state index contributed by atoms with van der Waals surface area (Å²) in [6, 6.07) is 11.6. The molecule has 2 aromatic heterocycles. The highest BCUT2D eigenvalue weighted by Gasteiger charge is 2.31. The lowest BCUT2D eigenvalue weighted by atomic mass is 9.92. The maximum atomic E-state index is 10.7. The normalized spacial score (nSPS) is 20.0. The van der Waals surface area contributed by atoms with Gasteiger partial charge in [0.15, 0.2) is 11.9 Å². The molecule has 0 aliphatic carbocycles. The Labute approximate surface area is 212 Å². The van der Waals surface area contributed by atoms with Crippen molar-refractivity contribution in [3.63, 3.8) is 0 Å². The Bertz CT molecular complexity index is 1380. The molecule has 0 spiro atoms. The molecule has 0 saturated heterocycles. The molecule has 2 unspecified atom stereocenters. The number of methoxy groups -OCH3 is 1. The van der Waals surface area contributed by atoms with E-state index < -0.39 is 6.35 Å². The lowest BCUT2D eigenvalue weighted by molar-refractivity contribution is 0.0348. The highest BCUT2D eigenvalue weighted by molar-refractivity contribution is 6.34. The van der Waals surface area contributed by atoms with Crippen LogP contribution < -0.4 is 14.2 Å². The van der Waals surface area contributed by atoms with E-state index in [2.05, 4.69) is 21.0 Å². The first kappa shape index (κ1) is 22.6. The van der Waals surface area contributed by atoms with Crippen LogP contribution in [0.2, 0.25) is 5.02 Å². The van der Waals surface area contributed by atoms with Crippen LogP contribution in [0.1, 0.15) is 11.1 Å². The molecule has 3 aliphatic rings. The first-order chi connectivity index (χ1) is 17.6. The second kappa shape index (κ2) is 9.33. The van der Waals surface area contributed by atoms with Crippen molar-refractivity contribution in [2.75, 3.05) is 26.9 Å². The summed E-state index contributed by atoms with van der Waals surface area (Å²) in [6.45, 7) is 1.16. The Balaban J connectivity index is 1.23.